The highest BCUT2D eigenvalue weighted by Gasteiger charge is 2.17. The van der Waals surface area contributed by atoms with Gasteiger partial charge in [0, 0.05) is 25.3 Å². The van der Waals surface area contributed by atoms with Crippen molar-refractivity contribution in [2.24, 2.45) is 0 Å². The van der Waals surface area contributed by atoms with Crippen molar-refractivity contribution in [2.45, 2.75) is 38.6 Å². The van der Waals surface area contributed by atoms with Crippen molar-refractivity contribution in [3.05, 3.63) is 29.8 Å². The van der Waals surface area contributed by atoms with Gasteiger partial charge in [0.1, 0.15) is 0 Å². The van der Waals surface area contributed by atoms with Crippen LogP contribution < -0.4 is 5.32 Å². The maximum absolute atomic E-state index is 13.3. The highest BCUT2D eigenvalue weighted by molar-refractivity contribution is 5.94. The summed E-state index contributed by atoms with van der Waals surface area (Å²) in [4.78, 5) is 17.7. The Labute approximate surface area is 119 Å². The second-order valence-electron chi connectivity index (χ2n) is 5.33. The maximum atomic E-state index is 13.3. The SMILES string of the molecule is CC1CCCCN1CCCNC(=O)c1cccnc1F. The van der Waals surface area contributed by atoms with Gasteiger partial charge in [0.15, 0.2) is 0 Å². The number of piperidine rings is 1. The molecule has 0 radical (unpaired) electrons. The van der Waals surface area contributed by atoms with Crippen LogP contribution in [0, 0.1) is 5.95 Å². The molecule has 0 bridgehead atoms. The minimum Gasteiger partial charge on any atom is -0.352 e. The molecule has 2 heterocycles. The normalized spacial score (nSPS) is 19.8. The number of aromatic nitrogens is 1. The fourth-order valence-electron chi connectivity index (χ4n) is 2.62. The number of nitrogens with one attached hydrogen (secondary N) is 1. The summed E-state index contributed by atoms with van der Waals surface area (Å²) in [6.45, 7) is 4.95. The number of rotatable bonds is 5. The minimum atomic E-state index is -0.713. The Bertz CT molecular complexity index is 452. The molecule has 2 rings (SSSR count). The lowest BCUT2D eigenvalue weighted by Crippen LogP contribution is -2.39. The first-order valence-electron chi connectivity index (χ1n) is 7.31. The smallest absolute Gasteiger partial charge is 0.255 e. The highest BCUT2D eigenvalue weighted by Crippen LogP contribution is 2.16. The van der Waals surface area contributed by atoms with Crippen LogP contribution in [0.15, 0.2) is 18.3 Å². The van der Waals surface area contributed by atoms with Crippen molar-refractivity contribution in [1.82, 2.24) is 15.2 Å². The lowest BCUT2D eigenvalue weighted by Gasteiger charge is -2.33. The molecule has 0 aliphatic carbocycles. The van der Waals surface area contributed by atoms with Gasteiger partial charge in [0.25, 0.3) is 5.91 Å². The molecule has 1 saturated heterocycles. The van der Waals surface area contributed by atoms with Crippen LogP contribution in [0.2, 0.25) is 0 Å². The van der Waals surface area contributed by atoms with E-state index in [1.807, 2.05) is 0 Å². The summed E-state index contributed by atoms with van der Waals surface area (Å²) in [5.41, 5.74) is 0.0128. The maximum Gasteiger partial charge on any atom is 0.255 e. The van der Waals surface area contributed by atoms with Gasteiger partial charge in [0.05, 0.1) is 5.56 Å². The van der Waals surface area contributed by atoms with Crippen LogP contribution in [0.5, 0.6) is 0 Å². The Hall–Kier alpha value is -1.49. The number of carbonyl (C=O) groups excluding carboxylic acids is 1. The van der Waals surface area contributed by atoms with Crippen LogP contribution >= 0.6 is 0 Å². The number of likely N-dealkylation sites (tertiary alicyclic amines) is 1. The van der Waals surface area contributed by atoms with Crippen LogP contribution in [0.3, 0.4) is 0 Å². The van der Waals surface area contributed by atoms with Crippen molar-refractivity contribution < 1.29 is 9.18 Å². The second-order valence-corrected chi connectivity index (χ2v) is 5.33. The molecular formula is C15H22FN3O. The lowest BCUT2D eigenvalue weighted by atomic mass is 10.0. The van der Waals surface area contributed by atoms with Gasteiger partial charge in [-0.15, -0.1) is 0 Å². The molecule has 1 N–H and O–H groups in total. The number of amides is 1. The molecular weight excluding hydrogens is 257 g/mol. The summed E-state index contributed by atoms with van der Waals surface area (Å²) in [7, 11) is 0. The van der Waals surface area contributed by atoms with E-state index in [0.29, 0.717) is 12.6 Å². The van der Waals surface area contributed by atoms with Crippen molar-refractivity contribution in [3.8, 4) is 0 Å². The summed E-state index contributed by atoms with van der Waals surface area (Å²) < 4.78 is 13.3. The first-order chi connectivity index (χ1) is 9.68. The van der Waals surface area contributed by atoms with Gasteiger partial charge in [-0.05, 0) is 44.9 Å². The highest BCUT2D eigenvalue weighted by atomic mass is 19.1. The van der Waals surface area contributed by atoms with E-state index in [1.165, 1.54) is 31.5 Å². The van der Waals surface area contributed by atoms with E-state index < -0.39 is 5.95 Å². The Morgan fingerprint density at radius 3 is 3.15 bits per heavy atom. The average molecular weight is 279 g/mol. The van der Waals surface area contributed by atoms with Gasteiger partial charge < -0.3 is 10.2 Å². The summed E-state index contributed by atoms with van der Waals surface area (Å²) in [6, 6.07) is 3.65. The molecule has 1 aromatic heterocycles. The van der Waals surface area contributed by atoms with E-state index in [-0.39, 0.29) is 11.5 Å². The largest absolute Gasteiger partial charge is 0.352 e. The van der Waals surface area contributed by atoms with Crippen LogP contribution in [-0.2, 0) is 0 Å². The predicted molar refractivity (Wildman–Crippen MR) is 76.0 cm³/mol. The first kappa shape index (κ1) is 14.9. The molecule has 1 amide bonds. The summed E-state index contributed by atoms with van der Waals surface area (Å²) in [5.74, 6) is -1.10. The van der Waals surface area contributed by atoms with E-state index in [4.69, 9.17) is 0 Å². The van der Waals surface area contributed by atoms with Crippen LogP contribution in [-0.4, -0.2) is 41.5 Å². The van der Waals surface area contributed by atoms with E-state index in [0.717, 1.165) is 19.5 Å². The molecule has 110 valence electrons. The Morgan fingerprint density at radius 1 is 1.55 bits per heavy atom. The molecule has 1 aromatic rings. The van der Waals surface area contributed by atoms with Crippen LogP contribution in [0.25, 0.3) is 0 Å². The molecule has 1 unspecified atom stereocenters. The number of hydrogen-bond donors (Lipinski definition) is 1. The molecule has 20 heavy (non-hydrogen) atoms. The predicted octanol–water partition coefficient (Wildman–Crippen LogP) is 2.21. The van der Waals surface area contributed by atoms with Crippen LogP contribution in [0.1, 0.15) is 43.0 Å². The summed E-state index contributed by atoms with van der Waals surface area (Å²) in [5, 5.41) is 2.75. The second kappa shape index (κ2) is 7.33. The number of carbonyl (C=O) groups is 1. The van der Waals surface area contributed by atoms with Gasteiger partial charge >= 0.3 is 0 Å². The third kappa shape index (κ3) is 4.00. The molecule has 0 saturated carbocycles. The summed E-state index contributed by atoms with van der Waals surface area (Å²) >= 11 is 0. The van der Waals surface area contributed by atoms with Crippen molar-refractivity contribution in [1.29, 1.82) is 0 Å². The Balaban J connectivity index is 1.71. The standard InChI is InChI=1S/C15H22FN3O/c1-12-6-2-3-10-19(12)11-5-9-18-15(20)13-7-4-8-17-14(13)16/h4,7-8,12H,2-3,5-6,9-11H2,1H3,(H,18,20). The topological polar surface area (TPSA) is 45.2 Å². The molecule has 4 nitrogen and oxygen atoms in total. The molecule has 0 spiro atoms. The van der Waals surface area contributed by atoms with Gasteiger partial charge in [0.2, 0.25) is 5.95 Å². The zero-order chi connectivity index (χ0) is 14.4. The summed E-state index contributed by atoms with van der Waals surface area (Å²) in [6.07, 6.45) is 6.06. The van der Waals surface area contributed by atoms with E-state index in [2.05, 4.69) is 22.1 Å². The molecule has 5 heteroatoms. The van der Waals surface area contributed by atoms with Crippen molar-refractivity contribution in [2.75, 3.05) is 19.6 Å². The molecule has 1 aliphatic rings. The average Bonchev–Trinajstić information content (AvgIpc) is 2.45. The van der Waals surface area contributed by atoms with Crippen molar-refractivity contribution in [3.63, 3.8) is 0 Å². The number of hydrogen-bond acceptors (Lipinski definition) is 3. The molecule has 0 aromatic carbocycles. The van der Waals surface area contributed by atoms with Gasteiger partial charge in [-0.1, -0.05) is 6.42 Å². The van der Waals surface area contributed by atoms with Gasteiger partial charge in [-0.2, -0.15) is 4.39 Å². The zero-order valence-electron chi connectivity index (χ0n) is 11.9. The third-order valence-corrected chi connectivity index (χ3v) is 3.85. The minimum absolute atomic E-state index is 0.0128. The molecule has 1 aliphatic heterocycles. The van der Waals surface area contributed by atoms with E-state index in [1.54, 1.807) is 6.07 Å². The fourth-order valence-corrected chi connectivity index (χ4v) is 2.62. The monoisotopic (exact) mass is 279 g/mol. The lowest BCUT2D eigenvalue weighted by molar-refractivity contribution is 0.0944. The molecule has 1 atom stereocenters. The number of halogens is 1. The van der Waals surface area contributed by atoms with Gasteiger partial charge in [-0.25, -0.2) is 4.98 Å². The van der Waals surface area contributed by atoms with Crippen LogP contribution in [0.4, 0.5) is 4.39 Å². The zero-order valence-corrected chi connectivity index (χ0v) is 11.9. The number of nitrogens with zero attached hydrogens (tertiary/aromatic N) is 2. The molecule has 1 fully saturated rings. The van der Waals surface area contributed by atoms with Gasteiger partial charge in [-0.3, -0.25) is 4.79 Å². The van der Waals surface area contributed by atoms with Crippen molar-refractivity contribution >= 4 is 5.91 Å². The van der Waals surface area contributed by atoms with E-state index >= 15 is 0 Å². The number of pyridine rings is 1. The quantitative estimate of drug-likeness (QED) is 0.664. The fraction of sp³-hybridized carbons (Fsp3) is 0.600. The third-order valence-electron chi connectivity index (χ3n) is 3.85. The Kier molecular flexibility index (Phi) is 5.47. The Morgan fingerprint density at radius 2 is 2.40 bits per heavy atom. The first-order valence-corrected chi connectivity index (χ1v) is 7.31. The van der Waals surface area contributed by atoms with E-state index in [9.17, 15) is 9.18 Å².